The fourth-order valence-corrected chi connectivity index (χ4v) is 6.39. The number of thioether (sulfide) groups is 1. The lowest BCUT2D eigenvalue weighted by molar-refractivity contribution is -0.957. The van der Waals surface area contributed by atoms with Gasteiger partial charge in [0.15, 0.2) is 0 Å². The van der Waals surface area contributed by atoms with Crippen molar-refractivity contribution in [3.8, 4) is 0 Å². The van der Waals surface area contributed by atoms with Crippen molar-refractivity contribution in [3.63, 3.8) is 0 Å². The predicted molar refractivity (Wildman–Crippen MR) is 124 cm³/mol. The summed E-state index contributed by atoms with van der Waals surface area (Å²) in [5.74, 6) is 0. The summed E-state index contributed by atoms with van der Waals surface area (Å²) in [6, 6.07) is 17.3. The van der Waals surface area contributed by atoms with Gasteiger partial charge in [-0.15, -0.1) is 11.8 Å². The van der Waals surface area contributed by atoms with E-state index in [-0.39, 0.29) is 0 Å². The van der Waals surface area contributed by atoms with Gasteiger partial charge in [-0.1, -0.05) is 23.9 Å². The molecule has 4 heteroatoms. The molecule has 2 aromatic rings. The van der Waals surface area contributed by atoms with Gasteiger partial charge in [0, 0.05) is 27.7 Å². The van der Waals surface area contributed by atoms with Crippen LogP contribution in [0.1, 0.15) is 39.5 Å². The number of piperidine rings is 1. The number of hydrogen-bond donors (Lipinski definition) is 0. The van der Waals surface area contributed by atoms with Crippen LogP contribution in [-0.2, 0) is 0 Å². The minimum atomic E-state index is 0.699. The first kappa shape index (κ1) is 20.2. The fraction of sp³-hybridized carbons (Fsp3) is 0.500. The summed E-state index contributed by atoms with van der Waals surface area (Å²) in [7, 11) is 2.49. The van der Waals surface area contributed by atoms with Gasteiger partial charge in [0.2, 0.25) is 0 Å². The smallest absolute Gasteiger partial charge is 0.0907 e. The Morgan fingerprint density at radius 2 is 1.89 bits per heavy atom. The number of benzene rings is 2. The Bertz CT molecular complexity index is 835. The van der Waals surface area contributed by atoms with Crippen molar-refractivity contribution in [3.05, 3.63) is 42.5 Å². The van der Waals surface area contributed by atoms with E-state index in [1.165, 1.54) is 62.8 Å². The van der Waals surface area contributed by atoms with Crippen LogP contribution in [0, 0.1) is 0 Å². The van der Waals surface area contributed by atoms with Gasteiger partial charge in [-0.2, -0.15) is 0 Å². The molecule has 2 aromatic carbocycles. The molecule has 0 spiro atoms. The van der Waals surface area contributed by atoms with Crippen LogP contribution >= 0.6 is 23.5 Å². The van der Waals surface area contributed by atoms with Crippen LogP contribution in [0.4, 0.5) is 11.4 Å². The van der Waals surface area contributed by atoms with Crippen molar-refractivity contribution >= 4 is 34.9 Å². The average Bonchev–Trinajstić information content (AvgIpc) is 2.71. The van der Waals surface area contributed by atoms with Gasteiger partial charge in [-0.05, 0) is 69.7 Å². The SMILES string of the molecule is CSc1ccc2c(c1)N(CCC1CCCC[N+]1(C)C(C)C)c1ccccc1S2. The van der Waals surface area contributed by atoms with E-state index in [1.807, 2.05) is 23.5 Å². The Morgan fingerprint density at radius 3 is 2.68 bits per heavy atom. The summed E-state index contributed by atoms with van der Waals surface area (Å²) < 4.78 is 1.24. The predicted octanol–water partition coefficient (Wildman–Crippen LogP) is 6.81. The van der Waals surface area contributed by atoms with Crippen LogP contribution in [0.5, 0.6) is 0 Å². The highest BCUT2D eigenvalue weighted by molar-refractivity contribution is 8.00. The highest BCUT2D eigenvalue weighted by Crippen LogP contribution is 2.49. The van der Waals surface area contributed by atoms with Gasteiger partial charge in [-0.3, -0.25) is 0 Å². The molecule has 0 amide bonds. The van der Waals surface area contributed by atoms with E-state index < -0.39 is 0 Å². The fourth-order valence-electron chi connectivity index (χ4n) is 4.88. The molecule has 2 aliphatic heterocycles. The lowest BCUT2D eigenvalue weighted by Crippen LogP contribution is -2.59. The number of para-hydroxylation sites is 1. The van der Waals surface area contributed by atoms with Crippen molar-refractivity contribution in [2.75, 3.05) is 31.3 Å². The van der Waals surface area contributed by atoms with Crippen LogP contribution in [-0.4, -0.2) is 43.0 Å². The molecule has 0 saturated carbocycles. The normalized spacial score (nSPS) is 24.2. The van der Waals surface area contributed by atoms with Gasteiger partial charge < -0.3 is 9.38 Å². The topological polar surface area (TPSA) is 3.24 Å². The van der Waals surface area contributed by atoms with Crippen molar-refractivity contribution in [1.29, 1.82) is 0 Å². The van der Waals surface area contributed by atoms with Crippen molar-refractivity contribution in [2.45, 2.75) is 66.3 Å². The lowest BCUT2D eigenvalue weighted by atomic mass is 9.94. The Hall–Kier alpha value is -1.10. The molecule has 150 valence electrons. The summed E-state index contributed by atoms with van der Waals surface area (Å²) in [6.45, 7) is 7.26. The summed E-state index contributed by atoms with van der Waals surface area (Å²) in [5.41, 5.74) is 2.78. The third-order valence-corrected chi connectivity index (χ3v) is 8.82. The Labute approximate surface area is 179 Å². The molecule has 2 nitrogen and oxygen atoms in total. The largest absolute Gasteiger partial charge is 0.339 e. The van der Waals surface area contributed by atoms with E-state index in [9.17, 15) is 0 Å². The van der Waals surface area contributed by atoms with Crippen molar-refractivity contribution < 1.29 is 4.48 Å². The molecular weight excluding hydrogens is 380 g/mol. The quantitative estimate of drug-likeness (QED) is 0.391. The molecule has 0 N–H and O–H groups in total. The van der Waals surface area contributed by atoms with E-state index in [4.69, 9.17) is 0 Å². The monoisotopic (exact) mass is 413 g/mol. The number of fused-ring (bicyclic) bond motifs is 2. The van der Waals surface area contributed by atoms with E-state index in [0.29, 0.717) is 6.04 Å². The minimum Gasteiger partial charge on any atom is -0.339 e. The van der Waals surface area contributed by atoms with Crippen LogP contribution in [0.3, 0.4) is 0 Å². The Balaban J connectivity index is 1.64. The number of nitrogens with zero attached hydrogens (tertiary/aromatic N) is 2. The van der Waals surface area contributed by atoms with Gasteiger partial charge in [-0.25, -0.2) is 0 Å². The maximum Gasteiger partial charge on any atom is 0.0907 e. The molecule has 28 heavy (non-hydrogen) atoms. The van der Waals surface area contributed by atoms with Crippen LogP contribution < -0.4 is 4.90 Å². The second-order valence-electron chi connectivity index (χ2n) is 8.66. The standard InChI is InChI=1S/C24H33N2S2/c1-18(2)26(3)16-8-7-9-19(26)14-15-25-21-10-5-6-11-23(21)28-24-13-12-20(27-4)17-22(24)25/h5-6,10-13,17-19H,7-9,14-16H2,1-4H3/q+1. The Kier molecular flexibility index (Phi) is 6.01. The number of likely N-dealkylation sites (tertiary alicyclic amines) is 1. The number of quaternary nitrogens is 1. The van der Waals surface area contributed by atoms with Crippen LogP contribution in [0.25, 0.3) is 0 Å². The van der Waals surface area contributed by atoms with E-state index in [2.05, 4.69) is 74.5 Å². The highest BCUT2D eigenvalue weighted by Gasteiger charge is 2.38. The molecule has 0 bridgehead atoms. The zero-order valence-corrected chi connectivity index (χ0v) is 19.3. The zero-order chi connectivity index (χ0) is 19.7. The molecule has 2 atom stereocenters. The lowest BCUT2D eigenvalue weighted by Gasteiger charge is -2.48. The van der Waals surface area contributed by atoms with Crippen molar-refractivity contribution in [1.82, 2.24) is 0 Å². The zero-order valence-electron chi connectivity index (χ0n) is 17.6. The summed E-state index contributed by atoms with van der Waals surface area (Å²) in [4.78, 5) is 6.72. The van der Waals surface area contributed by atoms with Gasteiger partial charge in [0.25, 0.3) is 0 Å². The highest BCUT2D eigenvalue weighted by atomic mass is 32.2. The van der Waals surface area contributed by atoms with Crippen LogP contribution in [0.2, 0.25) is 0 Å². The summed E-state index contributed by atoms with van der Waals surface area (Å²) in [5, 5.41) is 0. The third-order valence-electron chi connectivity index (χ3n) is 6.96. The molecule has 2 aliphatic rings. The maximum absolute atomic E-state index is 2.60. The summed E-state index contributed by atoms with van der Waals surface area (Å²) >= 11 is 3.75. The van der Waals surface area contributed by atoms with Crippen LogP contribution in [0.15, 0.2) is 57.2 Å². The average molecular weight is 414 g/mol. The third kappa shape index (κ3) is 3.71. The molecule has 0 radical (unpaired) electrons. The minimum absolute atomic E-state index is 0.699. The number of rotatable bonds is 5. The van der Waals surface area contributed by atoms with E-state index >= 15 is 0 Å². The molecule has 2 unspecified atom stereocenters. The summed E-state index contributed by atoms with van der Waals surface area (Å²) in [6.07, 6.45) is 7.58. The van der Waals surface area contributed by atoms with Crippen molar-refractivity contribution in [2.24, 2.45) is 0 Å². The first-order valence-electron chi connectivity index (χ1n) is 10.6. The maximum atomic E-state index is 2.60. The van der Waals surface area contributed by atoms with E-state index in [0.717, 1.165) is 12.6 Å². The molecule has 1 saturated heterocycles. The second-order valence-corrected chi connectivity index (χ2v) is 10.6. The first-order valence-corrected chi connectivity index (χ1v) is 12.6. The van der Waals surface area contributed by atoms with E-state index in [1.54, 1.807) is 0 Å². The van der Waals surface area contributed by atoms with Gasteiger partial charge >= 0.3 is 0 Å². The molecular formula is C24H33N2S2+. The molecule has 1 fully saturated rings. The second kappa shape index (κ2) is 8.33. The van der Waals surface area contributed by atoms with Gasteiger partial charge in [0.1, 0.15) is 0 Å². The molecule has 0 aliphatic carbocycles. The Morgan fingerprint density at radius 1 is 1.11 bits per heavy atom. The molecule has 2 heterocycles. The number of anilines is 2. The molecule has 4 rings (SSSR count). The van der Waals surface area contributed by atoms with Gasteiger partial charge in [0.05, 0.1) is 37.1 Å². The number of hydrogen-bond acceptors (Lipinski definition) is 3. The first-order chi connectivity index (χ1) is 13.5. The molecule has 0 aromatic heterocycles.